The molecule has 0 saturated heterocycles. The largest absolute Gasteiger partial charge is 0.494 e. The van der Waals surface area contributed by atoms with Crippen LogP contribution in [-0.2, 0) is 6.42 Å². The van der Waals surface area contributed by atoms with Crippen molar-refractivity contribution < 1.29 is 14.6 Å². The highest BCUT2D eigenvalue weighted by molar-refractivity contribution is 5.87. The number of carboxylic acid groups (broad SMARTS) is 1. The number of aromatic carboxylic acids is 1. The van der Waals surface area contributed by atoms with Gasteiger partial charge >= 0.3 is 5.97 Å². The van der Waals surface area contributed by atoms with Gasteiger partial charge in [-0.2, -0.15) is 0 Å². The molecule has 0 amide bonds. The topological polar surface area (TPSA) is 46.5 Å². The predicted octanol–water partition coefficient (Wildman–Crippen LogP) is 3.79. The normalized spacial score (nSPS) is 10.2. The molecule has 20 heavy (non-hydrogen) atoms. The van der Waals surface area contributed by atoms with Crippen LogP contribution in [0.4, 0.5) is 0 Å². The van der Waals surface area contributed by atoms with Gasteiger partial charge < -0.3 is 9.84 Å². The lowest BCUT2D eigenvalue weighted by Gasteiger charge is -2.06. The Labute approximate surface area is 118 Å². The van der Waals surface area contributed by atoms with Gasteiger partial charge in [0.15, 0.2) is 0 Å². The second kappa shape index (κ2) is 7.34. The lowest BCUT2D eigenvalue weighted by Crippen LogP contribution is -2.00. The molecule has 1 N–H and O–H groups in total. The first-order chi connectivity index (χ1) is 9.75. The van der Waals surface area contributed by atoms with E-state index in [9.17, 15) is 4.79 Å². The van der Waals surface area contributed by atoms with Gasteiger partial charge in [0, 0.05) is 0 Å². The van der Waals surface area contributed by atoms with Crippen LogP contribution in [0.2, 0.25) is 0 Å². The average molecular weight is 270 g/mol. The van der Waals surface area contributed by atoms with E-state index in [1.165, 1.54) is 5.56 Å². The summed E-state index contributed by atoms with van der Waals surface area (Å²) >= 11 is 0. The summed E-state index contributed by atoms with van der Waals surface area (Å²) in [6, 6.07) is 16.9. The van der Waals surface area contributed by atoms with Crippen molar-refractivity contribution >= 4 is 5.97 Å². The highest BCUT2D eigenvalue weighted by Crippen LogP contribution is 2.13. The number of benzene rings is 2. The maximum absolute atomic E-state index is 10.7. The number of hydrogen-bond donors (Lipinski definition) is 1. The van der Waals surface area contributed by atoms with Crippen LogP contribution in [0.15, 0.2) is 54.6 Å². The standard InChI is InChI=1S/C17H18O3/c18-17(19)15-9-11-16(12-10-15)20-13-5-4-8-14-6-2-1-3-7-14/h1-3,6-7,9-12H,4-5,8,13H2,(H,18,19). The summed E-state index contributed by atoms with van der Waals surface area (Å²) in [7, 11) is 0. The van der Waals surface area contributed by atoms with Crippen LogP contribution in [0.3, 0.4) is 0 Å². The number of ether oxygens (including phenoxy) is 1. The van der Waals surface area contributed by atoms with Crippen molar-refractivity contribution in [1.29, 1.82) is 0 Å². The van der Waals surface area contributed by atoms with Gasteiger partial charge in [-0.1, -0.05) is 30.3 Å². The number of hydrogen-bond acceptors (Lipinski definition) is 2. The van der Waals surface area contributed by atoms with E-state index in [2.05, 4.69) is 24.3 Å². The van der Waals surface area contributed by atoms with Crippen LogP contribution in [0, 0.1) is 0 Å². The van der Waals surface area contributed by atoms with Crippen molar-refractivity contribution in [2.45, 2.75) is 19.3 Å². The Balaban J connectivity index is 1.67. The Morgan fingerprint density at radius 3 is 2.30 bits per heavy atom. The van der Waals surface area contributed by atoms with E-state index >= 15 is 0 Å². The van der Waals surface area contributed by atoms with Crippen LogP contribution in [0.25, 0.3) is 0 Å². The average Bonchev–Trinajstić information content (AvgIpc) is 2.48. The molecular formula is C17H18O3. The van der Waals surface area contributed by atoms with Gasteiger partial charge in [-0.3, -0.25) is 0 Å². The second-order valence-corrected chi connectivity index (χ2v) is 4.62. The molecule has 2 aromatic carbocycles. The van der Waals surface area contributed by atoms with Crippen LogP contribution >= 0.6 is 0 Å². The molecule has 2 rings (SSSR count). The van der Waals surface area contributed by atoms with E-state index in [1.54, 1.807) is 24.3 Å². The third kappa shape index (κ3) is 4.43. The third-order valence-corrected chi connectivity index (χ3v) is 3.07. The van der Waals surface area contributed by atoms with E-state index in [0.717, 1.165) is 25.0 Å². The summed E-state index contributed by atoms with van der Waals surface area (Å²) < 4.78 is 5.59. The predicted molar refractivity (Wildman–Crippen MR) is 78.3 cm³/mol. The van der Waals surface area contributed by atoms with Gasteiger partial charge in [0.05, 0.1) is 12.2 Å². The summed E-state index contributed by atoms with van der Waals surface area (Å²) in [4.78, 5) is 10.7. The van der Waals surface area contributed by atoms with Gasteiger partial charge in [-0.05, 0) is 49.1 Å². The molecule has 2 aromatic rings. The van der Waals surface area contributed by atoms with Crippen molar-refractivity contribution in [3.8, 4) is 5.75 Å². The van der Waals surface area contributed by atoms with E-state index in [-0.39, 0.29) is 5.56 Å². The van der Waals surface area contributed by atoms with E-state index in [4.69, 9.17) is 9.84 Å². The molecule has 3 heteroatoms. The molecule has 3 nitrogen and oxygen atoms in total. The molecule has 0 spiro atoms. The van der Waals surface area contributed by atoms with E-state index in [0.29, 0.717) is 6.61 Å². The zero-order valence-corrected chi connectivity index (χ0v) is 11.3. The van der Waals surface area contributed by atoms with Crippen LogP contribution in [-0.4, -0.2) is 17.7 Å². The fourth-order valence-electron chi connectivity index (χ4n) is 1.96. The van der Waals surface area contributed by atoms with Gasteiger partial charge in [0.2, 0.25) is 0 Å². The van der Waals surface area contributed by atoms with E-state index in [1.807, 2.05) is 6.07 Å². The molecule has 0 aliphatic rings. The Morgan fingerprint density at radius 2 is 1.65 bits per heavy atom. The number of unbranched alkanes of at least 4 members (excludes halogenated alkanes) is 1. The molecule has 0 atom stereocenters. The third-order valence-electron chi connectivity index (χ3n) is 3.07. The van der Waals surface area contributed by atoms with Crippen molar-refractivity contribution in [3.63, 3.8) is 0 Å². The lowest BCUT2D eigenvalue weighted by molar-refractivity contribution is 0.0697. The summed E-state index contributed by atoms with van der Waals surface area (Å²) in [5.41, 5.74) is 1.62. The number of aryl methyl sites for hydroxylation is 1. The van der Waals surface area contributed by atoms with Crippen molar-refractivity contribution in [1.82, 2.24) is 0 Å². The van der Waals surface area contributed by atoms with Gasteiger partial charge in [-0.15, -0.1) is 0 Å². The Bertz CT molecular complexity index is 532. The first-order valence-corrected chi connectivity index (χ1v) is 6.76. The summed E-state index contributed by atoms with van der Waals surface area (Å²) in [6.07, 6.45) is 3.12. The summed E-state index contributed by atoms with van der Waals surface area (Å²) in [6.45, 7) is 0.652. The molecule has 104 valence electrons. The molecule has 0 unspecified atom stereocenters. The Kier molecular flexibility index (Phi) is 5.18. The molecule has 0 heterocycles. The minimum Gasteiger partial charge on any atom is -0.494 e. The van der Waals surface area contributed by atoms with Crippen LogP contribution in [0.1, 0.15) is 28.8 Å². The van der Waals surface area contributed by atoms with Crippen molar-refractivity contribution in [2.75, 3.05) is 6.61 Å². The van der Waals surface area contributed by atoms with E-state index < -0.39 is 5.97 Å². The molecular weight excluding hydrogens is 252 g/mol. The SMILES string of the molecule is O=C(O)c1ccc(OCCCCc2ccccc2)cc1. The Hall–Kier alpha value is -2.29. The first-order valence-electron chi connectivity index (χ1n) is 6.76. The monoisotopic (exact) mass is 270 g/mol. The quantitative estimate of drug-likeness (QED) is 0.779. The molecule has 0 saturated carbocycles. The minimum absolute atomic E-state index is 0.279. The molecule has 0 aliphatic carbocycles. The number of carboxylic acids is 1. The lowest BCUT2D eigenvalue weighted by atomic mass is 10.1. The fraction of sp³-hybridized carbons (Fsp3) is 0.235. The zero-order valence-electron chi connectivity index (χ0n) is 11.3. The highest BCUT2D eigenvalue weighted by Gasteiger charge is 2.01. The van der Waals surface area contributed by atoms with Gasteiger partial charge in [-0.25, -0.2) is 4.79 Å². The Morgan fingerprint density at radius 1 is 0.950 bits per heavy atom. The fourth-order valence-corrected chi connectivity index (χ4v) is 1.96. The summed E-state index contributed by atoms with van der Waals surface area (Å²) in [5.74, 6) is -0.200. The maximum Gasteiger partial charge on any atom is 0.335 e. The van der Waals surface area contributed by atoms with Crippen LogP contribution < -0.4 is 4.74 Å². The minimum atomic E-state index is -0.917. The molecule has 0 aliphatic heterocycles. The first kappa shape index (κ1) is 14.1. The number of rotatable bonds is 7. The highest BCUT2D eigenvalue weighted by atomic mass is 16.5. The van der Waals surface area contributed by atoms with Crippen molar-refractivity contribution in [3.05, 3.63) is 65.7 Å². The summed E-state index contributed by atoms with van der Waals surface area (Å²) in [5, 5.41) is 8.79. The zero-order chi connectivity index (χ0) is 14.2. The second-order valence-electron chi connectivity index (χ2n) is 4.62. The molecule has 0 radical (unpaired) electrons. The maximum atomic E-state index is 10.7. The smallest absolute Gasteiger partial charge is 0.335 e. The van der Waals surface area contributed by atoms with Gasteiger partial charge in [0.1, 0.15) is 5.75 Å². The molecule has 0 bridgehead atoms. The van der Waals surface area contributed by atoms with Gasteiger partial charge in [0.25, 0.3) is 0 Å². The van der Waals surface area contributed by atoms with Crippen molar-refractivity contribution in [2.24, 2.45) is 0 Å². The molecule has 0 aromatic heterocycles. The van der Waals surface area contributed by atoms with Crippen LogP contribution in [0.5, 0.6) is 5.75 Å². The molecule has 0 fully saturated rings. The number of carbonyl (C=O) groups is 1.